The van der Waals surface area contributed by atoms with Gasteiger partial charge in [0.1, 0.15) is 5.82 Å². The number of aromatic nitrogens is 5. The van der Waals surface area contributed by atoms with Crippen molar-refractivity contribution in [2.45, 2.75) is 12.1 Å². The number of nitrogens with one attached hydrogen (secondary N) is 1. The van der Waals surface area contributed by atoms with E-state index in [-0.39, 0.29) is 17.6 Å². The van der Waals surface area contributed by atoms with Crippen LogP contribution in [0.2, 0.25) is 0 Å². The van der Waals surface area contributed by atoms with Gasteiger partial charge in [-0.2, -0.15) is 0 Å². The van der Waals surface area contributed by atoms with Gasteiger partial charge in [0.15, 0.2) is 0 Å². The summed E-state index contributed by atoms with van der Waals surface area (Å²) >= 11 is 1.19. The van der Waals surface area contributed by atoms with Crippen molar-refractivity contribution in [1.29, 1.82) is 0 Å². The van der Waals surface area contributed by atoms with Crippen LogP contribution in [-0.2, 0) is 4.79 Å². The Balaban J connectivity index is 1.87. The van der Waals surface area contributed by atoms with E-state index < -0.39 is 0 Å². The number of thioether (sulfide) groups is 1. The van der Waals surface area contributed by atoms with E-state index >= 15 is 0 Å². The number of aryl methyl sites for hydroxylation is 1. The minimum Gasteiger partial charge on any atom is -0.336 e. The number of nitrogen functional groups attached to an aromatic ring is 1. The fraction of sp³-hybridized carbons (Fsp3) is 0.222. The summed E-state index contributed by atoms with van der Waals surface area (Å²) in [5.74, 6) is 6.45. The Bertz CT molecular complexity index is 541. The highest BCUT2D eigenvalue weighted by atomic mass is 32.2. The van der Waals surface area contributed by atoms with Gasteiger partial charge in [0.2, 0.25) is 17.0 Å². The SMILES string of the molecule is Cc1nnc(SCC(=O)Nc2ncccn2)n1N. The largest absolute Gasteiger partial charge is 0.336 e. The predicted octanol–water partition coefficient (Wildman–Crippen LogP) is -0.179. The number of anilines is 1. The second-order valence-corrected chi connectivity index (χ2v) is 4.25. The summed E-state index contributed by atoms with van der Waals surface area (Å²) in [6.07, 6.45) is 3.10. The van der Waals surface area contributed by atoms with Gasteiger partial charge in [-0.15, -0.1) is 10.2 Å². The fourth-order valence-electron chi connectivity index (χ4n) is 1.10. The second kappa shape index (κ2) is 5.45. The Hall–Kier alpha value is -2.16. The summed E-state index contributed by atoms with van der Waals surface area (Å²) in [5, 5.41) is 10.7. The molecule has 2 aromatic rings. The zero-order chi connectivity index (χ0) is 13.0. The molecule has 2 rings (SSSR count). The minimum absolute atomic E-state index is 0.160. The highest BCUT2D eigenvalue weighted by molar-refractivity contribution is 7.99. The quantitative estimate of drug-likeness (QED) is 0.582. The van der Waals surface area contributed by atoms with E-state index in [2.05, 4.69) is 25.5 Å². The Labute approximate surface area is 107 Å². The zero-order valence-electron chi connectivity index (χ0n) is 9.57. The maximum atomic E-state index is 11.6. The summed E-state index contributed by atoms with van der Waals surface area (Å²) in [4.78, 5) is 19.4. The molecule has 0 aliphatic heterocycles. The Morgan fingerprint density at radius 1 is 1.44 bits per heavy atom. The third-order valence-corrected chi connectivity index (χ3v) is 2.93. The number of hydrogen-bond acceptors (Lipinski definition) is 7. The van der Waals surface area contributed by atoms with E-state index in [4.69, 9.17) is 5.84 Å². The number of nitrogens with two attached hydrogens (primary N) is 1. The van der Waals surface area contributed by atoms with E-state index in [1.807, 2.05) is 0 Å². The molecule has 94 valence electrons. The normalized spacial score (nSPS) is 10.3. The summed E-state index contributed by atoms with van der Waals surface area (Å²) < 4.78 is 1.33. The third kappa shape index (κ3) is 2.94. The van der Waals surface area contributed by atoms with E-state index in [1.54, 1.807) is 25.4 Å². The van der Waals surface area contributed by atoms with Gasteiger partial charge < -0.3 is 5.84 Å². The molecule has 0 atom stereocenters. The molecule has 8 nitrogen and oxygen atoms in total. The molecule has 0 saturated carbocycles. The van der Waals surface area contributed by atoms with E-state index in [0.717, 1.165) is 0 Å². The lowest BCUT2D eigenvalue weighted by Gasteiger charge is -2.02. The van der Waals surface area contributed by atoms with Gasteiger partial charge in [-0.25, -0.2) is 14.6 Å². The number of amides is 1. The summed E-state index contributed by atoms with van der Waals surface area (Å²) in [6, 6.07) is 1.67. The number of nitrogens with zero attached hydrogens (tertiary/aromatic N) is 5. The average Bonchev–Trinajstić information content (AvgIpc) is 2.69. The van der Waals surface area contributed by atoms with Gasteiger partial charge in [0.25, 0.3) is 0 Å². The van der Waals surface area contributed by atoms with Crippen molar-refractivity contribution >= 4 is 23.6 Å². The minimum atomic E-state index is -0.230. The second-order valence-electron chi connectivity index (χ2n) is 3.31. The van der Waals surface area contributed by atoms with Crippen molar-refractivity contribution in [3.05, 3.63) is 24.3 Å². The zero-order valence-corrected chi connectivity index (χ0v) is 10.4. The van der Waals surface area contributed by atoms with Crippen molar-refractivity contribution in [2.24, 2.45) is 0 Å². The molecular weight excluding hydrogens is 254 g/mol. The first-order valence-corrected chi connectivity index (χ1v) is 6.02. The third-order valence-electron chi connectivity index (χ3n) is 1.98. The van der Waals surface area contributed by atoms with Crippen molar-refractivity contribution in [2.75, 3.05) is 16.9 Å². The van der Waals surface area contributed by atoms with Crippen molar-refractivity contribution < 1.29 is 4.79 Å². The molecule has 0 bridgehead atoms. The maximum absolute atomic E-state index is 11.6. The van der Waals surface area contributed by atoms with Crippen LogP contribution < -0.4 is 11.2 Å². The van der Waals surface area contributed by atoms with Crippen LogP contribution in [-0.4, -0.2) is 36.5 Å². The highest BCUT2D eigenvalue weighted by Gasteiger charge is 2.10. The molecule has 0 aliphatic carbocycles. The van der Waals surface area contributed by atoms with Gasteiger partial charge in [-0.1, -0.05) is 11.8 Å². The lowest BCUT2D eigenvalue weighted by molar-refractivity contribution is -0.113. The molecule has 18 heavy (non-hydrogen) atoms. The van der Waals surface area contributed by atoms with Crippen LogP contribution in [0.3, 0.4) is 0 Å². The van der Waals surface area contributed by atoms with Crippen LogP contribution in [0.5, 0.6) is 0 Å². The predicted molar refractivity (Wildman–Crippen MR) is 66.3 cm³/mol. The van der Waals surface area contributed by atoms with Gasteiger partial charge in [0.05, 0.1) is 5.75 Å². The van der Waals surface area contributed by atoms with Crippen molar-refractivity contribution in [3.8, 4) is 0 Å². The van der Waals surface area contributed by atoms with Crippen LogP contribution in [0.15, 0.2) is 23.6 Å². The molecule has 0 aromatic carbocycles. The standard InChI is InChI=1S/C9H11N7OS/c1-6-14-15-9(16(6)10)18-5-7(17)13-8-11-3-2-4-12-8/h2-4H,5,10H2,1H3,(H,11,12,13,17). The number of carbonyl (C=O) groups excluding carboxylic acids is 1. The van der Waals surface area contributed by atoms with Gasteiger partial charge in [-0.05, 0) is 13.0 Å². The fourth-order valence-corrected chi connectivity index (χ4v) is 1.80. The molecule has 9 heteroatoms. The average molecular weight is 265 g/mol. The summed E-state index contributed by atoms with van der Waals surface area (Å²) in [7, 11) is 0. The molecule has 3 N–H and O–H groups in total. The molecular formula is C9H11N7OS. The number of hydrogen-bond donors (Lipinski definition) is 2. The van der Waals surface area contributed by atoms with E-state index in [9.17, 15) is 4.79 Å². The van der Waals surface area contributed by atoms with Crippen LogP contribution in [0.4, 0.5) is 5.95 Å². The lowest BCUT2D eigenvalue weighted by atomic mass is 10.6. The van der Waals surface area contributed by atoms with E-state index in [0.29, 0.717) is 11.0 Å². The molecule has 0 spiro atoms. The Morgan fingerprint density at radius 2 is 2.17 bits per heavy atom. The lowest BCUT2D eigenvalue weighted by Crippen LogP contribution is -2.17. The Morgan fingerprint density at radius 3 is 2.78 bits per heavy atom. The van der Waals surface area contributed by atoms with Crippen LogP contribution in [0, 0.1) is 6.92 Å². The monoisotopic (exact) mass is 265 g/mol. The summed E-state index contributed by atoms with van der Waals surface area (Å²) in [6.45, 7) is 1.73. The van der Waals surface area contributed by atoms with E-state index in [1.165, 1.54) is 16.4 Å². The molecule has 1 amide bonds. The smallest absolute Gasteiger partial charge is 0.237 e. The van der Waals surface area contributed by atoms with Gasteiger partial charge in [-0.3, -0.25) is 10.1 Å². The van der Waals surface area contributed by atoms with Crippen LogP contribution in [0.25, 0.3) is 0 Å². The molecule has 0 saturated heterocycles. The Kier molecular flexibility index (Phi) is 3.72. The first-order chi connectivity index (χ1) is 8.66. The molecule has 2 heterocycles. The summed E-state index contributed by atoms with van der Waals surface area (Å²) in [5.41, 5.74) is 0. The van der Waals surface area contributed by atoms with Gasteiger partial charge >= 0.3 is 0 Å². The van der Waals surface area contributed by atoms with Gasteiger partial charge in [0, 0.05) is 12.4 Å². The van der Waals surface area contributed by atoms with Crippen LogP contribution in [0.1, 0.15) is 5.82 Å². The first kappa shape index (κ1) is 12.3. The molecule has 2 aromatic heterocycles. The highest BCUT2D eigenvalue weighted by Crippen LogP contribution is 2.13. The topological polar surface area (TPSA) is 112 Å². The van der Waals surface area contributed by atoms with Crippen molar-refractivity contribution in [1.82, 2.24) is 24.8 Å². The molecule has 0 radical (unpaired) electrons. The number of carbonyl (C=O) groups is 1. The molecule has 0 aliphatic rings. The van der Waals surface area contributed by atoms with Crippen molar-refractivity contribution in [3.63, 3.8) is 0 Å². The molecule has 0 unspecified atom stereocenters. The molecule has 0 fully saturated rings. The first-order valence-electron chi connectivity index (χ1n) is 5.03. The maximum Gasteiger partial charge on any atom is 0.237 e. The van der Waals surface area contributed by atoms with Crippen LogP contribution >= 0.6 is 11.8 Å². The number of rotatable bonds is 4.